The summed E-state index contributed by atoms with van der Waals surface area (Å²) >= 11 is 13.4. The van der Waals surface area contributed by atoms with Gasteiger partial charge in [0.1, 0.15) is 5.25 Å². The van der Waals surface area contributed by atoms with Crippen molar-refractivity contribution < 1.29 is 9.59 Å². The molecule has 5 nitrogen and oxygen atoms in total. The van der Waals surface area contributed by atoms with Crippen molar-refractivity contribution in [3.05, 3.63) is 94.5 Å². The number of rotatable bonds is 6. The molecule has 1 heterocycles. The minimum atomic E-state index is -0.609. The molecule has 1 aliphatic heterocycles. The molecule has 0 aromatic heterocycles. The van der Waals surface area contributed by atoms with Crippen LogP contribution in [0.15, 0.2) is 83.9 Å². The third kappa shape index (κ3) is 6.38. The van der Waals surface area contributed by atoms with Gasteiger partial charge in [-0.3, -0.25) is 14.5 Å². The number of amidine groups is 1. The Labute approximate surface area is 206 Å². The van der Waals surface area contributed by atoms with Crippen LogP contribution < -0.4 is 5.32 Å². The maximum atomic E-state index is 13.1. The van der Waals surface area contributed by atoms with E-state index in [9.17, 15) is 9.59 Å². The van der Waals surface area contributed by atoms with Crippen LogP contribution in [0.25, 0.3) is 0 Å². The van der Waals surface area contributed by atoms with E-state index in [1.54, 1.807) is 47.4 Å². The molecule has 0 aliphatic carbocycles. The lowest BCUT2D eigenvalue weighted by atomic mass is 10.1. The molecule has 168 valence electrons. The van der Waals surface area contributed by atoms with Gasteiger partial charge in [-0.15, -0.1) is 0 Å². The number of aliphatic imine (C=N–C) groups is 1. The maximum absolute atomic E-state index is 13.1. The monoisotopic (exact) mass is 497 g/mol. The Hall–Kier alpha value is -2.80. The van der Waals surface area contributed by atoms with Crippen LogP contribution in [-0.2, 0) is 16.0 Å². The minimum absolute atomic E-state index is 0.0838. The number of thioether (sulfide) groups is 1. The van der Waals surface area contributed by atoms with E-state index in [0.717, 1.165) is 5.56 Å². The molecule has 1 N–H and O–H groups in total. The first kappa shape index (κ1) is 23.4. The van der Waals surface area contributed by atoms with Gasteiger partial charge in [-0.05, 0) is 48.4 Å². The van der Waals surface area contributed by atoms with Crippen LogP contribution in [0.3, 0.4) is 0 Å². The molecular formula is C25H21Cl2N3O2S. The molecule has 1 fully saturated rings. The van der Waals surface area contributed by atoms with E-state index in [4.69, 9.17) is 23.2 Å². The standard InChI is InChI=1S/C25H21Cl2N3O2S/c26-18-8-4-10-20(14-18)28-24(32)22-16-23(31)30(13-12-17-6-2-1-3-7-17)25(33-22)29-21-11-5-9-19(27)15-21/h1-11,14-15,22H,12-13,16H2,(H,28,32). The van der Waals surface area contributed by atoms with E-state index in [-0.39, 0.29) is 18.2 Å². The summed E-state index contributed by atoms with van der Waals surface area (Å²) < 4.78 is 0. The molecule has 1 saturated heterocycles. The summed E-state index contributed by atoms with van der Waals surface area (Å²) in [4.78, 5) is 32.4. The molecule has 33 heavy (non-hydrogen) atoms. The number of nitrogens with zero attached hydrogens (tertiary/aromatic N) is 2. The van der Waals surface area contributed by atoms with Crippen LogP contribution in [0.1, 0.15) is 12.0 Å². The van der Waals surface area contributed by atoms with Crippen molar-refractivity contribution in [3.8, 4) is 0 Å². The summed E-state index contributed by atoms with van der Waals surface area (Å²) in [5, 5.41) is 3.80. The Balaban J connectivity index is 1.56. The largest absolute Gasteiger partial charge is 0.325 e. The van der Waals surface area contributed by atoms with E-state index >= 15 is 0 Å². The van der Waals surface area contributed by atoms with Gasteiger partial charge in [-0.2, -0.15) is 0 Å². The second-order valence-electron chi connectivity index (χ2n) is 7.47. The number of halogens is 2. The molecule has 0 spiro atoms. The van der Waals surface area contributed by atoms with Crippen LogP contribution in [0.2, 0.25) is 10.0 Å². The van der Waals surface area contributed by atoms with E-state index < -0.39 is 5.25 Å². The normalized spacial score (nSPS) is 17.3. The summed E-state index contributed by atoms with van der Waals surface area (Å²) in [6.07, 6.45) is 0.765. The van der Waals surface area contributed by atoms with Crippen molar-refractivity contribution in [2.75, 3.05) is 11.9 Å². The molecule has 3 aromatic carbocycles. The van der Waals surface area contributed by atoms with Crippen LogP contribution in [0, 0.1) is 0 Å². The molecule has 1 atom stereocenters. The Morgan fingerprint density at radius 3 is 2.45 bits per heavy atom. The fourth-order valence-electron chi connectivity index (χ4n) is 3.39. The number of hydrogen-bond acceptors (Lipinski definition) is 4. The van der Waals surface area contributed by atoms with Crippen molar-refractivity contribution in [2.24, 2.45) is 4.99 Å². The molecule has 0 bridgehead atoms. The summed E-state index contributed by atoms with van der Waals surface area (Å²) in [6, 6.07) is 24.0. The maximum Gasteiger partial charge on any atom is 0.238 e. The second kappa shape index (κ2) is 10.9. The number of anilines is 1. The molecule has 8 heteroatoms. The number of carbonyl (C=O) groups is 2. The number of benzene rings is 3. The highest BCUT2D eigenvalue weighted by molar-refractivity contribution is 8.15. The SMILES string of the molecule is O=C(Nc1cccc(Cl)c1)C1CC(=O)N(CCc2ccccc2)C(=Nc2cccc(Cl)c2)S1. The van der Waals surface area contributed by atoms with Crippen molar-refractivity contribution in [2.45, 2.75) is 18.1 Å². The van der Waals surface area contributed by atoms with Crippen LogP contribution in [0.5, 0.6) is 0 Å². The predicted octanol–water partition coefficient (Wildman–Crippen LogP) is 6.20. The van der Waals surface area contributed by atoms with Gasteiger partial charge in [-0.25, -0.2) is 4.99 Å². The summed E-state index contributed by atoms with van der Waals surface area (Å²) in [6.45, 7) is 0.470. The first-order valence-electron chi connectivity index (χ1n) is 10.4. The Morgan fingerprint density at radius 2 is 1.73 bits per heavy atom. The van der Waals surface area contributed by atoms with Crippen molar-refractivity contribution in [1.82, 2.24) is 4.90 Å². The zero-order valence-electron chi connectivity index (χ0n) is 17.6. The average molecular weight is 498 g/mol. The van der Waals surface area contributed by atoms with Gasteiger partial charge in [0.15, 0.2) is 5.17 Å². The molecule has 1 aliphatic rings. The lowest BCUT2D eigenvalue weighted by molar-refractivity contribution is -0.129. The first-order valence-corrected chi connectivity index (χ1v) is 12.0. The van der Waals surface area contributed by atoms with E-state index in [1.807, 2.05) is 36.4 Å². The number of hydrogen-bond donors (Lipinski definition) is 1. The van der Waals surface area contributed by atoms with Gasteiger partial charge in [-0.1, -0.05) is 77.4 Å². The summed E-state index contributed by atoms with van der Waals surface area (Å²) in [5.74, 6) is -0.408. The number of carbonyl (C=O) groups excluding carboxylic acids is 2. The lowest BCUT2D eigenvalue weighted by Gasteiger charge is -2.32. The van der Waals surface area contributed by atoms with Gasteiger partial charge >= 0.3 is 0 Å². The Bertz CT molecular complexity index is 1190. The molecule has 1 unspecified atom stereocenters. The first-order chi connectivity index (χ1) is 16.0. The quantitative estimate of drug-likeness (QED) is 0.441. The van der Waals surface area contributed by atoms with Gasteiger partial charge in [0.2, 0.25) is 11.8 Å². The third-order valence-corrected chi connectivity index (χ3v) is 6.68. The molecule has 2 amide bonds. The van der Waals surface area contributed by atoms with Gasteiger partial charge in [0, 0.05) is 28.7 Å². The van der Waals surface area contributed by atoms with Crippen LogP contribution >= 0.6 is 35.0 Å². The predicted molar refractivity (Wildman–Crippen MR) is 136 cm³/mol. The molecule has 4 rings (SSSR count). The van der Waals surface area contributed by atoms with Crippen LogP contribution in [0.4, 0.5) is 11.4 Å². The minimum Gasteiger partial charge on any atom is -0.325 e. The fourth-order valence-corrected chi connectivity index (χ4v) is 4.89. The molecule has 0 saturated carbocycles. The van der Waals surface area contributed by atoms with Crippen molar-refractivity contribution in [1.29, 1.82) is 0 Å². The number of amides is 2. The average Bonchev–Trinajstić information content (AvgIpc) is 2.79. The van der Waals surface area contributed by atoms with Crippen molar-refractivity contribution >= 4 is 63.3 Å². The van der Waals surface area contributed by atoms with Gasteiger partial charge < -0.3 is 5.32 Å². The number of nitrogens with one attached hydrogen (secondary N) is 1. The zero-order chi connectivity index (χ0) is 23.2. The van der Waals surface area contributed by atoms with Gasteiger partial charge in [0.25, 0.3) is 0 Å². The van der Waals surface area contributed by atoms with Crippen molar-refractivity contribution in [3.63, 3.8) is 0 Å². The van der Waals surface area contributed by atoms with E-state index in [1.165, 1.54) is 11.8 Å². The zero-order valence-corrected chi connectivity index (χ0v) is 19.9. The molecular weight excluding hydrogens is 477 g/mol. The summed E-state index contributed by atoms with van der Waals surface area (Å²) in [7, 11) is 0. The van der Waals surface area contributed by atoms with Crippen LogP contribution in [-0.4, -0.2) is 33.7 Å². The lowest BCUT2D eigenvalue weighted by Crippen LogP contribution is -2.46. The highest BCUT2D eigenvalue weighted by Crippen LogP contribution is 2.31. The smallest absolute Gasteiger partial charge is 0.238 e. The molecule has 0 radical (unpaired) electrons. The van der Waals surface area contributed by atoms with E-state index in [0.29, 0.717) is 39.6 Å². The third-order valence-electron chi connectivity index (χ3n) is 5.02. The van der Waals surface area contributed by atoms with Gasteiger partial charge in [0.05, 0.1) is 5.69 Å². The molecule has 3 aromatic rings. The summed E-state index contributed by atoms with van der Waals surface area (Å²) in [5.41, 5.74) is 2.33. The fraction of sp³-hybridized carbons (Fsp3) is 0.160. The Morgan fingerprint density at radius 1 is 1.00 bits per heavy atom. The highest BCUT2D eigenvalue weighted by atomic mass is 35.5. The Kier molecular flexibility index (Phi) is 7.70. The second-order valence-corrected chi connectivity index (χ2v) is 9.51. The van der Waals surface area contributed by atoms with E-state index in [2.05, 4.69) is 10.3 Å². The topological polar surface area (TPSA) is 61.8 Å². The highest BCUT2D eigenvalue weighted by Gasteiger charge is 2.35.